The van der Waals surface area contributed by atoms with Crippen molar-refractivity contribution in [2.24, 2.45) is 5.73 Å². The number of halogens is 4. The van der Waals surface area contributed by atoms with E-state index in [2.05, 4.69) is 5.32 Å². The van der Waals surface area contributed by atoms with E-state index in [-0.39, 0.29) is 12.4 Å². The maximum Gasteiger partial charge on any atom is 0.390 e. The number of rotatable bonds is 5. The minimum Gasteiger partial charge on any atom is -0.381 e. The molecule has 0 saturated carbocycles. The van der Waals surface area contributed by atoms with Crippen LogP contribution in [0, 0.1) is 0 Å². The first kappa shape index (κ1) is 18.3. The molecule has 0 amide bonds. The molecule has 120 valence electrons. The van der Waals surface area contributed by atoms with Gasteiger partial charge in [-0.2, -0.15) is 13.2 Å². The van der Waals surface area contributed by atoms with Gasteiger partial charge in [-0.1, -0.05) is 42.5 Å². The van der Waals surface area contributed by atoms with Crippen LogP contribution in [0.2, 0.25) is 0 Å². The van der Waals surface area contributed by atoms with Crippen LogP contribution in [0.1, 0.15) is 23.6 Å². The van der Waals surface area contributed by atoms with Gasteiger partial charge < -0.3 is 11.1 Å². The number of hydrogen-bond donors (Lipinski definition) is 2. The molecule has 0 aromatic heterocycles. The molecule has 2 aromatic carbocycles. The highest BCUT2D eigenvalue weighted by atomic mass is 35.5. The molecule has 6 heteroatoms. The third-order valence-electron chi connectivity index (χ3n) is 3.13. The molecule has 2 rings (SSSR count). The van der Waals surface area contributed by atoms with Crippen molar-refractivity contribution < 1.29 is 13.2 Å². The van der Waals surface area contributed by atoms with Crippen LogP contribution in [0.4, 0.5) is 18.9 Å². The highest BCUT2D eigenvalue weighted by molar-refractivity contribution is 5.85. The van der Waals surface area contributed by atoms with Crippen LogP contribution in [-0.4, -0.2) is 6.18 Å². The number of nitrogens with two attached hydrogens (primary N) is 1. The van der Waals surface area contributed by atoms with Crippen LogP contribution in [0.3, 0.4) is 0 Å². The summed E-state index contributed by atoms with van der Waals surface area (Å²) in [7, 11) is 0. The summed E-state index contributed by atoms with van der Waals surface area (Å²) in [6.07, 6.45) is -5.26. The largest absolute Gasteiger partial charge is 0.390 e. The van der Waals surface area contributed by atoms with Gasteiger partial charge in [-0.05, 0) is 23.3 Å². The van der Waals surface area contributed by atoms with E-state index >= 15 is 0 Å². The van der Waals surface area contributed by atoms with Gasteiger partial charge in [0.1, 0.15) is 0 Å². The summed E-state index contributed by atoms with van der Waals surface area (Å²) in [6, 6.07) is 15.6. The Morgan fingerprint density at radius 3 is 2.09 bits per heavy atom. The van der Waals surface area contributed by atoms with E-state index in [9.17, 15) is 13.2 Å². The van der Waals surface area contributed by atoms with E-state index in [1.54, 1.807) is 24.3 Å². The molecule has 0 aliphatic heterocycles. The second-order valence-corrected chi connectivity index (χ2v) is 4.89. The summed E-state index contributed by atoms with van der Waals surface area (Å²) in [5.41, 5.74) is 8.02. The first-order valence-corrected chi connectivity index (χ1v) is 6.64. The minimum absolute atomic E-state index is 0. The first-order valence-electron chi connectivity index (χ1n) is 6.64. The Bertz CT molecular complexity index is 556. The molecule has 22 heavy (non-hydrogen) atoms. The number of anilines is 1. The van der Waals surface area contributed by atoms with Crippen molar-refractivity contribution in [3.63, 3.8) is 0 Å². The molecule has 3 N–H and O–H groups in total. The summed E-state index contributed by atoms with van der Waals surface area (Å²) < 4.78 is 36.9. The number of hydrogen-bond acceptors (Lipinski definition) is 2. The first-order chi connectivity index (χ1) is 9.94. The smallest absolute Gasteiger partial charge is 0.381 e. The molecule has 0 aliphatic rings. The SMILES string of the molecule is Cl.N[C@H](CC(F)(F)F)c1ccc(NCc2ccccc2)cc1. The monoisotopic (exact) mass is 330 g/mol. The maximum atomic E-state index is 12.3. The van der Waals surface area contributed by atoms with Crippen LogP contribution < -0.4 is 11.1 Å². The molecular weight excluding hydrogens is 313 g/mol. The molecule has 0 fully saturated rings. The average Bonchev–Trinajstić information content (AvgIpc) is 2.45. The summed E-state index contributed by atoms with van der Waals surface area (Å²) in [4.78, 5) is 0. The van der Waals surface area contributed by atoms with E-state index < -0.39 is 18.6 Å². The lowest BCUT2D eigenvalue weighted by Gasteiger charge is -2.15. The van der Waals surface area contributed by atoms with Crippen LogP contribution in [0.5, 0.6) is 0 Å². The Hall–Kier alpha value is -1.72. The van der Waals surface area contributed by atoms with E-state index in [1.807, 2.05) is 30.3 Å². The topological polar surface area (TPSA) is 38.0 Å². The zero-order valence-electron chi connectivity index (χ0n) is 11.8. The zero-order chi connectivity index (χ0) is 15.3. The van der Waals surface area contributed by atoms with Crippen molar-refractivity contribution >= 4 is 18.1 Å². The summed E-state index contributed by atoms with van der Waals surface area (Å²) in [5.74, 6) is 0. The van der Waals surface area contributed by atoms with E-state index in [1.165, 1.54) is 0 Å². The van der Waals surface area contributed by atoms with Crippen molar-refractivity contribution in [3.8, 4) is 0 Å². The van der Waals surface area contributed by atoms with E-state index in [0.717, 1.165) is 11.3 Å². The van der Waals surface area contributed by atoms with Gasteiger partial charge in [0, 0.05) is 18.3 Å². The predicted molar refractivity (Wildman–Crippen MR) is 85.1 cm³/mol. The van der Waals surface area contributed by atoms with Gasteiger partial charge in [0.2, 0.25) is 0 Å². The average molecular weight is 331 g/mol. The van der Waals surface area contributed by atoms with Crippen molar-refractivity contribution in [2.75, 3.05) is 5.32 Å². The van der Waals surface area contributed by atoms with Crippen LogP contribution in [0.25, 0.3) is 0 Å². The number of alkyl halides is 3. The zero-order valence-corrected chi connectivity index (χ0v) is 12.6. The fourth-order valence-corrected chi connectivity index (χ4v) is 2.02. The van der Waals surface area contributed by atoms with Crippen molar-refractivity contribution in [1.29, 1.82) is 0 Å². The predicted octanol–water partition coefficient (Wildman–Crippen LogP) is 4.67. The lowest BCUT2D eigenvalue weighted by Crippen LogP contribution is -2.20. The number of benzene rings is 2. The minimum atomic E-state index is -4.25. The molecule has 0 heterocycles. The summed E-state index contributed by atoms with van der Waals surface area (Å²) in [5, 5.41) is 3.21. The van der Waals surface area contributed by atoms with Crippen molar-refractivity contribution in [3.05, 3.63) is 65.7 Å². The molecule has 0 radical (unpaired) electrons. The van der Waals surface area contributed by atoms with Crippen molar-refractivity contribution in [2.45, 2.75) is 25.2 Å². The lowest BCUT2D eigenvalue weighted by molar-refractivity contribution is -0.138. The molecule has 0 spiro atoms. The molecule has 1 atom stereocenters. The second kappa shape index (κ2) is 8.06. The van der Waals surface area contributed by atoms with Gasteiger partial charge in [-0.15, -0.1) is 12.4 Å². The molecular formula is C16H18ClF3N2. The molecule has 2 aromatic rings. The molecule has 0 aliphatic carbocycles. The van der Waals surface area contributed by atoms with Gasteiger partial charge in [0.05, 0.1) is 6.42 Å². The van der Waals surface area contributed by atoms with Gasteiger partial charge >= 0.3 is 6.18 Å². The standard InChI is InChI=1S/C16H17F3N2.ClH/c17-16(18,19)10-15(20)13-6-8-14(9-7-13)21-11-12-4-2-1-3-5-12;/h1-9,15,21H,10-11,20H2;1H/t15-;/m1./s1. The van der Waals surface area contributed by atoms with E-state index in [4.69, 9.17) is 5.73 Å². The van der Waals surface area contributed by atoms with Gasteiger partial charge in [-0.3, -0.25) is 0 Å². The highest BCUT2D eigenvalue weighted by Gasteiger charge is 2.30. The quantitative estimate of drug-likeness (QED) is 0.836. The molecule has 0 saturated heterocycles. The molecule has 2 nitrogen and oxygen atoms in total. The van der Waals surface area contributed by atoms with Gasteiger partial charge in [0.25, 0.3) is 0 Å². The molecule has 0 unspecified atom stereocenters. The van der Waals surface area contributed by atoms with E-state index in [0.29, 0.717) is 12.1 Å². The number of nitrogens with one attached hydrogen (secondary N) is 1. The Labute approximate surface area is 133 Å². The third kappa shape index (κ3) is 5.95. The Morgan fingerprint density at radius 1 is 0.955 bits per heavy atom. The van der Waals surface area contributed by atoms with Gasteiger partial charge in [-0.25, -0.2) is 0 Å². The summed E-state index contributed by atoms with van der Waals surface area (Å²) in [6.45, 7) is 0.661. The van der Waals surface area contributed by atoms with Crippen LogP contribution in [-0.2, 0) is 6.54 Å². The third-order valence-corrected chi connectivity index (χ3v) is 3.13. The normalized spacial score (nSPS) is 12.4. The van der Waals surface area contributed by atoms with Crippen molar-refractivity contribution in [1.82, 2.24) is 0 Å². The second-order valence-electron chi connectivity index (χ2n) is 4.89. The van der Waals surface area contributed by atoms with Gasteiger partial charge in [0.15, 0.2) is 0 Å². The summed E-state index contributed by atoms with van der Waals surface area (Å²) >= 11 is 0. The maximum absolute atomic E-state index is 12.3. The van der Waals surface area contributed by atoms with Crippen LogP contribution in [0.15, 0.2) is 54.6 Å². The Morgan fingerprint density at radius 2 is 1.55 bits per heavy atom. The Kier molecular flexibility index (Phi) is 6.71. The molecule has 0 bridgehead atoms. The highest BCUT2D eigenvalue weighted by Crippen LogP contribution is 2.28. The fraction of sp³-hybridized carbons (Fsp3) is 0.250. The lowest BCUT2D eigenvalue weighted by atomic mass is 10.0. The fourth-order valence-electron chi connectivity index (χ4n) is 2.02. The Balaban J connectivity index is 0.00000242. The van der Waals surface area contributed by atoms with Crippen LogP contribution >= 0.6 is 12.4 Å².